The van der Waals surface area contributed by atoms with Crippen molar-refractivity contribution < 1.29 is 4.79 Å². The number of carbonyl (C=O) groups is 1. The van der Waals surface area contributed by atoms with Gasteiger partial charge in [0.2, 0.25) is 5.13 Å². The molecule has 1 N–H and O–H groups in total. The zero-order chi connectivity index (χ0) is 18.8. The zero-order valence-corrected chi connectivity index (χ0v) is 16.7. The van der Waals surface area contributed by atoms with Gasteiger partial charge in [0.1, 0.15) is 5.01 Å². The maximum atomic E-state index is 13.0. The maximum absolute atomic E-state index is 13.0. The van der Waals surface area contributed by atoms with Crippen LogP contribution in [0, 0.1) is 0 Å². The average molecular weight is 395 g/mol. The Bertz CT molecular complexity index is 1120. The molecule has 0 aliphatic heterocycles. The Morgan fingerprint density at radius 1 is 1.04 bits per heavy atom. The van der Waals surface area contributed by atoms with Crippen LogP contribution in [0.25, 0.3) is 21.5 Å². The Morgan fingerprint density at radius 2 is 1.89 bits per heavy atom. The van der Waals surface area contributed by atoms with Gasteiger partial charge in [0.05, 0.1) is 21.7 Å². The van der Waals surface area contributed by atoms with Gasteiger partial charge in [-0.2, -0.15) is 0 Å². The quantitative estimate of drug-likeness (QED) is 0.506. The van der Waals surface area contributed by atoms with Gasteiger partial charge in [0.15, 0.2) is 0 Å². The topological polar surface area (TPSA) is 67.8 Å². The Morgan fingerprint density at radius 3 is 2.63 bits per heavy atom. The summed E-state index contributed by atoms with van der Waals surface area (Å²) < 4.78 is 0. The number of anilines is 1. The third kappa shape index (κ3) is 3.61. The van der Waals surface area contributed by atoms with Crippen LogP contribution < -0.4 is 5.32 Å². The number of rotatable bonds is 5. The number of nitrogens with zero attached hydrogens (tertiary/aromatic N) is 3. The molecule has 0 atom stereocenters. The summed E-state index contributed by atoms with van der Waals surface area (Å²) in [5.41, 5.74) is 2.21. The van der Waals surface area contributed by atoms with Gasteiger partial charge in [-0.25, -0.2) is 4.98 Å². The number of benzene rings is 1. The molecule has 27 heavy (non-hydrogen) atoms. The number of pyridine rings is 1. The lowest BCUT2D eigenvalue weighted by Gasteiger charge is -2.08. The molecule has 1 aromatic carbocycles. The Balaban J connectivity index is 1.76. The number of nitrogens with one attached hydrogen (secondary N) is 1. The summed E-state index contributed by atoms with van der Waals surface area (Å²) in [6.45, 7) is 4.15. The van der Waals surface area contributed by atoms with Crippen molar-refractivity contribution in [1.29, 1.82) is 0 Å². The van der Waals surface area contributed by atoms with Crippen molar-refractivity contribution in [1.82, 2.24) is 15.2 Å². The highest BCUT2D eigenvalue weighted by Gasteiger charge is 2.16. The highest BCUT2D eigenvalue weighted by Crippen LogP contribution is 2.31. The van der Waals surface area contributed by atoms with Crippen LogP contribution >= 0.6 is 22.7 Å². The summed E-state index contributed by atoms with van der Waals surface area (Å²) in [5.74, 6) is -0.194. The molecule has 1 amide bonds. The zero-order valence-electron chi connectivity index (χ0n) is 15.0. The van der Waals surface area contributed by atoms with Crippen LogP contribution in [0.15, 0.2) is 42.5 Å². The number of aryl methyl sites for hydroxylation is 2. The highest BCUT2D eigenvalue weighted by atomic mass is 32.1. The molecule has 7 heteroatoms. The lowest BCUT2D eigenvalue weighted by molar-refractivity contribution is 0.102. The summed E-state index contributed by atoms with van der Waals surface area (Å²) in [6.07, 6.45) is 1.79. The molecular formula is C20H18N4OS2. The first-order chi connectivity index (χ1) is 13.2. The van der Waals surface area contributed by atoms with Gasteiger partial charge in [-0.3, -0.25) is 10.1 Å². The van der Waals surface area contributed by atoms with Crippen molar-refractivity contribution in [2.24, 2.45) is 0 Å². The van der Waals surface area contributed by atoms with Crippen LogP contribution in [0.5, 0.6) is 0 Å². The Labute approximate surface area is 165 Å². The molecule has 0 fully saturated rings. The molecule has 0 aliphatic carbocycles. The number of thiophene rings is 1. The molecular weight excluding hydrogens is 376 g/mol. The minimum Gasteiger partial charge on any atom is -0.296 e. The van der Waals surface area contributed by atoms with Crippen LogP contribution in [0.2, 0.25) is 0 Å². The lowest BCUT2D eigenvalue weighted by atomic mass is 10.1. The normalized spacial score (nSPS) is 11.0. The second-order valence-corrected chi connectivity index (χ2v) is 8.23. The number of hydrogen-bond acceptors (Lipinski definition) is 6. The summed E-state index contributed by atoms with van der Waals surface area (Å²) in [4.78, 5) is 20.1. The third-order valence-electron chi connectivity index (χ3n) is 4.21. The molecule has 4 aromatic rings. The second kappa shape index (κ2) is 7.54. The van der Waals surface area contributed by atoms with Gasteiger partial charge in [0, 0.05) is 10.3 Å². The molecule has 3 heterocycles. The fourth-order valence-electron chi connectivity index (χ4n) is 2.81. The largest absolute Gasteiger partial charge is 0.296 e. The van der Waals surface area contributed by atoms with Gasteiger partial charge < -0.3 is 0 Å². The molecule has 5 nitrogen and oxygen atoms in total. The molecule has 4 rings (SSSR count). The third-order valence-corrected chi connectivity index (χ3v) is 6.45. The fraction of sp³-hybridized carbons (Fsp3) is 0.200. The number of amides is 1. The smallest absolute Gasteiger partial charge is 0.258 e. The van der Waals surface area contributed by atoms with Gasteiger partial charge >= 0.3 is 0 Å². The van der Waals surface area contributed by atoms with Crippen molar-refractivity contribution in [3.05, 3.63) is 57.9 Å². The molecule has 0 saturated heterocycles. The predicted molar refractivity (Wildman–Crippen MR) is 112 cm³/mol. The average Bonchev–Trinajstić information content (AvgIpc) is 3.36. The lowest BCUT2D eigenvalue weighted by Crippen LogP contribution is -2.13. The minimum absolute atomic E-state index is 0.194. The summed E-state index contributed by atoms with van der Waals surface area (Å²) in [5, 5.41) is 13.2. The fourth-order valence-corrected chi connectivity index (χ4v) is 4.39. The predicted octanol–water partition coefficient (Wildman–Crippen LogP) is 5.19. The molecule has 136 valence electrons. The summed E-state index contributed by atoms with van der Waals surface area (Å²) in [6, 6.07) is 13.8. The number of fused-ring (bicyclic) bond motifs is 1. The minimum atomic E-state index is -0.194. The van der Waals surface area contributed by atoms with E-state index < -0.39 is 0 Å². The number of para-hydroxylation sites is 1. The van der Waals surface area contributed by atoms with Crippen LogP contribution in [-0.2, 0) is 12.8 Å². The van der Waals surface area contributed by atoms with E-state index in [2.05, 4.69) is 34.6 Å². The molecule has 0 saturated carbocycles. The van der Waals surface area contributed by atoms with Crippen molar-refractivity contribution in [2.75, 3.05) is 5.32 Å². The number of hydrogen-bond donors (Lipinski definition) is 1. The number of carbonyl (C=O) groups excluding carboxylic acids is 1. The summed E-state index contributed by atoms with van der Waals surface area (Å²) in [7, 11) is 0. The van der Waals surface area contributed by atoms with E-state index in [1.807, 2.05) is 37.3 Å². The van der Waals surface area contributed by atoms with Crippen molar-refractivity contribution in [3.63, 3.8) is 0 Å². The first kappa shape index (κ1) is 17.8. The van der Waals surface area contributed by atoms with E-state index >= 15 is 0 Å². The number of aromatic nitrogens is 3. The van der Waals surface area contributed by atoms with E-state index in [4.69, 9.17) is 4.98 Å². The van der Waals surface area contributed by atoms with Gasteiger partial charge in [-0.05, 0) is 37.1 Å². The first-order valence-electron chi connectivity index (χ1n) is 8.80. The molecule has 0 spiro atoms. The van der Waals surface area contributed by atoms with Crippen LogP contribution in [0.1, 0.15) is 34.1 Å². The van der Waals surface area contributed by atoms with Crippen molar-refractivity contribution in [2.45, 2.75) is 26.7 Å². The second-order valence-electron chi connectivity index (χ2n) is 6.00. The molecule has 0 radical (unpaired) electrons. The van der Waals surface area contributed by atoms with Crippen LogP contribution in [-0.4, -0.2) is 21.1 Å². The van der Waals surface area contributed by atoms with E-state index in [1.165, 1.54) is 16.2 Å². The molecule has 0 aliphatic rings. The Kier molecular flexibility index (Phi) is 4.96. The van der Waals surface area contributed by atoms with Gasteiger partial charge in [-0.15, -0.1) is 21.5 Å². The van der Waals surface area contributed by atoms with Gasteiger partial charge in [0.25, 0.3) is 5.91 Å². The summed E-state index contributed by atoms with van der Waals surface area (Å²) >= 11 is 3.11. The maximum Gasteiger partial charge on any atom is 0.258 e. The van der Waals surface area contributed by atoms with E-state index in [1.54, 1.807) is 11.3 Å². The van der Waals surface area contributed by atoms with E-state index in [0.29, 0.717) is 10.7 Å². The SMILES string of the molecule is CCc1ccc(-c2cc(C(=O)Nc3nnc(CC)s3)c3ccccc3n2)s1. The van der Waals surface area contributed by atoms with E-state index in [-0.39, 0.29) is 5.91 Å². The van der Waals surface area contributed by atoms with E-state index in [9.17, 15) is 4.79 Å². The Hall–Kier alpha value is -2.64. The van der Waals surface area contributed by atoms with Crippen LogP contribution in [0.4, 0.5) is 5.13 Å². The van der Waals surface area contributed by atoms with Crippen LogP contribution in [0.3, 0.4) is 0 Å². The molecule has 3 aromatic heterocycles. The monoisotopic (exact) mass is 394 g/mol. The van der Waals surface area contributed by atoms with Crippen molar-refractivity contribution >= 4 is 44.6 Å². The van der Waals surface area contributed by atoms with Crippen molar-refractivity contribution in [3.8, 4) is 10.6 Å². The van der Waals surface area contributed by atoms with Gasteiger partial charge in [-0.1, -0.05) is 43.4 Å². The highest BCUT2D eigenvalue weighted by molar-refractivity contribution is 7.15. The molecule has 0 unspecified atom stereocenters. The molecule has 0 bridgehead atoms. The standard InChI is InChI=1S/C20H18N4OS2/c1-3-12-9-10-17(26-12)16-11-14(13-7-5-6-8-15(13)21-16)19(25)22-20-24-23-18(4-2)27-20/h5-11H,3-4H2,1-2H3,(H,22,24,25). The first-order valence-corrected chi connectivity index (χ1v) is 10.4. The van der Waals surface area contributed by atoms with E-state index in [0.717, 1.165) is 39.3 Å².